The molecule has 0 saturated heterocycles. The second kappa shape index (κ2) is 3.65. The Morgan fingerprint density at radius 3 is 2.58 bits per heavy atom. The van der Waals surface area contributed by atoms with Crippen molar-refractivity contribution in [3.63, 3.8) is 0 Å². The van der Waals surface area contributed by atoms with E-state index in [-0.39, 0.29) is 5.02 Å². The van der Waals surface area contributed by atoms with E-state index in [0.29, 0.717) is 10.7 Å². The van der Waals surface area contributed by atoms with E-state index in [9.17, 15) is 4.79 Å². The van der Waals surface area contributed by atoms with Crippen LogP contribution in [0.1, 0.15) is 0 Å². The molecule has 0 saturated carbocycles. The highest BCUT2D eigenvalue weighted by Gasteiger charge is 2.02. The topological polar surface area (TPSA) is 49.3 Å². The number of carbonyl (C=O) groups is 1. The summed E-state index contributed by atoms with van der Waals surface area (Å²) in [5.74, 6) is 0. The first kappa shape index (κ1) is 9.16. The van der Waals surface area contributed by atoms with Crippen molar-refractivity contribution < 1.29 is 9.90 Å². The molecular formula is C7H5Cl2NO2. The van der Waals surface area contributed by atoms with Crippen LogP contribution in [0.15, 0.2) is 18.2 Å². The molecule has 64 valence electrons. The molecule has 0 atom stereocenters. The van der Waals surface area contributed by atoms with Crippen molar-refractivity contribution in [1.82, 2.24) is 0 Å². The van der Waals surface area contributed by atoms with Gasteiger partial charge in [-0.25, -0.2) is 4.79 Å². The SMILES string of the molecule is O=C(O)Nc1ccc(Cl)cc1Cl. The first-order valence-electron chi connectivity index (χ1n) is 3.04. The summed E-state index contributed by atoms with van der Waals surface area (Å²) in [6, 6.07) is 4.52. The van der Waals surface area contributed by atoms with Crippen molar-refractivity contribution in [2.45, 2.75) is 0 Å². The van der Waals surface area contributed by atoms with Crippen LogP contribution in [0.4, 0.5) is 10.5 Å². The molecule has 0 bridgehead atoms. The quantitative estimate of drug-likeness (QED) is 0.741. The number of rotatable bonds is 1. The van der Waals surface area contributed by atoms with Gasteiger partial charge in [0.05, 0.1) is 10.7 Å². The Morgan fingerprint density at radius 2 is 2.08 bits per heavy atom. The molecule has 1 rings (SSSR count). The molecule has 1 aromatic rings. The van der Waals surface area contributed by atoms with Gasteiger partial charge in [0.15, 0.2) is 0 Å². The van der Waals surface area contributed by atoms with E-state index in [2.05, 4.69) is 5.32 Å². The maximum Gasteiger partial charge on any atom is 0.409 e. The summed E-state index contributed by atoms with van der Waals surface area (Å²) < 4.78 is 0. The van der Waals surface area contributed by atoms with E-state index >= 15 is 0 Å². The normalized spacial score (nSPS) is 9.50. The molecule has 1 amide bonds. The van der Waals surface area contributed by atoms with Crippen LogP contribution in [0, 0.1) is 0 Å². The van der Waals surface area contributed by atoms with E-state index in [1.807, 2.05) is 0 Å². The maximum atomic E-state index is 10.2. The van der Waals surface area contributed by atoms with Gasteiger partial charge >= 0.3 is 6.09 Å². The third-order valence-corrected chi connectivity index (χ3v) is 1.72. The van der Waals surface area contributed by atoms with Gasteiger partial charge in [0.2, 0.25) is 0 Å². The first-order chi connectivity index (χ1) is 5.59. The molecule has 0 aliphatic heterocycles. The molecule has 0 aromatic heterocycles. The highest BCUT2D eigenvalue weighted by Crippen LogP contribution is 2.24. The van der Waals surface area contributed by atoms with Gasteiger partial charge in [0, 0.05) is 5.02 Å². The molecular weight excluding hydrogens is 201 g/mol. The number of nitrogens with one attached hydrogen (secondary N) is 1. The van der Waals surface area contributed by atoms with Crippen molar-refractivity contribution >= 4 is 35.0 Å². The number of benzene rings is 1. The monoisotopic (exact) mass is 205 g/mol. The van der Waals surface area contributed by atoms with E-state index in [4.69, 9.17) is 28.3 Å². The van der Waals surface area contributed by atoms with Crippen LogP contribution in [0.2, 0.25) is 10.0 Å². The van der Waals surface area contributed by atoms with Gasteiger partial charge in [-0.3, -0.25) is 5.32 Å². The van der Waals surface area contributed by atoms with E-state index in [0.717, 1.165) is 0 Å². The molecule has 0 aliphatic carbocycles. The zero-order valence-electron chi connectivity index (χ0n) is 5.84. The highest BCUT2D eigenvalue weighted by atomic mass is 35.5. The molecule has 1 aromatic carbocycles. The number of hydrogen-bond acceptors (Lipinski definition) is 1. The van der Waals surface area contributed by atoms with Crippen molar-refractivity contribution in [1.29, 1.82) is 0 Å². The Hall–Kier alpha value is -0.930. The van der Waals surface area contributed by atoms with Gasteiger partial charge < -0.3 is 5.11 Å². The third kappa shape index (κ3) is 2.29. The van der Waals surface area contributed by atoms with Crippen LogP contribution in [-0.2, 0) is 0 Å². The molecule has 3 nitrogen and oxygen atoms in total. The summed E-state index contributed by atoms with van der Waals surface area (Å²) in [4.78, 5) is 10.2. The zero-order valence-corrected chi connectivity index (χ0v) is 7.36. The van der Waals surface area contributed by atoms with Gasteiger partial charge in [-0.05, 0) is 18.2 Å². The molecule has 0 aliphatic rings. The number of carboxylic acid groups (broad SMARTS) is 1. The van der Waals surface area contributed by atoms with Gasteiger partial charge in [-0.15, -0.1) is 0 Å². The predicted octanol–water partition coefficient (Wildman–Crippen LogP) is 3.08. The summed E-state index contributed by atoms with van der Waals surface area (Å²) in [6.07, 6.45) is -1.15. The zero-order chi connectivity index (χ0) is 9.14. The molecule has 0 unspecified atom stereocenters. The summed E-state index contributed by atoms with van der Waals surface area (Å²) >= 11 is 11.3. The minimum atomic E-state index is -1.15. The Bertz CT molecular complexity index is 314. The van der Waals surface area contributed by atoms with Crippen LogP contribution in [0.3, 0.4) is 0 Å². The molecule has 0 fully saturated rings. The summed E-state index contributed by atoms with van der Waals surface area (Å²) in [5.41, 5.74) is 0.327. The van der Waals surface area contributed by atoms with Gasteiger partial charge in [0.25, 0.3) is 0 Å². The van der Waals surface area contributed by atoms with Crippen molar-refractivity contribution in [3.8, 4) is 0 Å². The van der Waals surface area contributed by atoms with Crippen LogP contribution in [-0.4, -0.2) is 11.2 Å². The van der Waals surface area contributed by atoms with Crippen LogP contribution in [0.5, 0.6) is 0 Å². The van der Waals surface area contributed by atoms with Crippen molar-refractivity contribution in [3.05, 3.63) is 28.2 Å². The molecule has 0 radical (unpaired) electrons. The molecule has 5 heteroatoms. The average molecular weight is 206 g/mol. The standard InChI is InChI=1S/C7H5Cl2NO2/c8-4-1-2-6(5(9)3-4)10-7(11)12/h1-3,10H,(H,11,12). The lowest BCUT2D eigenvalue weighted by Gasteiger charge is -2.02. The summed E-state index contributed by atoms with van der Waals surface area (Å²) in [6.45, 7) is 0. The van der Waals surface area contributed by atoms with Crippen molar-refractivity contribution in [2.75, 3.05) is 5.32 Å². The minimum Gasteiger partial charge on any atom is -0.465 e. The third-order valence-electron chi connectivity index (χ3n) is 1.17. The Kier molecular flexibility index (Phi) is 2.78. The maximum absolute atomic E-state index is 10.2. The number of anilines is 1. The van der Waals surface area contributed by atoms with Crippen molar-refractivity contribution in [2.24, 2.45) is 0 Å². The largest absolute Gasteiger partial charge is 0.465 e. The Morgan fingerprint density at radius 1 is 1.42 bits per heavy atom. The number of hydrogen-bond donors (Lipinski definition) is 2. The van der Waals surface area contributed by atoms with Crippen LogP contribution in [0.25, 0.3) is 0 Å². The minimum absolute atomic E-state index is 0.282. The van der Waals surface area contributed by atoms with Gasteiger partial charge in [0.1, 0.15) is 0 Å². The lowest BCUT2D eigenvalue weighted by molar-refractivity contribution is 0.210. The van der Waals surface area contributed by atoms with E-state index < -0.39 is 6.09 Å². The second-order valence-corrected chi connectivity index (χ2v) is 2.90. The highest BCUT2D eigenvalue weighted by molar-refractivity contribution is 6.36. The smallest absolute Gasteiger partial charge is 0.409 e. The number of halogens is 2. The summed E-state index contributed by atoms with van der Waals surface area (Å²) in [7, 11) is 0. The van der Waals surface area contributed by atoms with Crippen LogP contribution < -0.4 is 5.32 Å². The fourth-order valence-corrected chi connectivity index (χ4v) is 1.16. The lowest BCUT2D eigenvalue weighted by Crippen LogP contribution is -2.07. The fraction of sp³-hybridized carbons (Fsp3) is 0. The second-order valence-electron chi connectivity index (χ2n) is 2.05. The molecule has 2 N–H and O–H groups in total. The van der Waals surface area contributed by atoms with Crippen LogP contribution >= 0.6 is 23.2 Å². The van der Waals surface area contributed by atoms with E-state index in [1.165, 1.54) is 12.1 Å². The average Bonchev–Trinajstić information content (AvgIpc) is 1.94. The Balaban J connectivity index is 2.93. The summed E-state index contributed by atoms with van der Waals surface area (Å²) in [5, 5.41) is 11.2. The molecule has 0 spiro atoms. The molecule has 0 heterocycles. The number of amides is 1. The van der Waals surface area contributed by atoms with Gasteiger partial charge in [-0.2, -0.15) is 0 Å². The fourth-order valence-electron chi connectivity index (χ4n) is 0.706. The lowest BCUT2D eigenvalue weighted by atomic mass is 10.3. The molecule has 12 heavy (non-hydrogen) atoms. The predicted molar refractivity (Wildman–Crippen MR) is 48.1 cm³/mol. The van der Waals surface area contributed by atoms with Gasteiger partial charge in [-0.1, -0.05) is 23.2 Å². The first-order valence-corrected chi connectivity index (χ1v) is 3.80. The Labute approximate surface area is 78.9 Å². The van der Waals surface area contributed by atoms with E-state index in [1.54, 1.807) is 6.07 Å².